The summed E-state index contributed by atoms with van der Waals surface area (Å²) in [5.41, 5.74) is 0. The smallest absolute Gasteiger partial charge is 0.323 e. The lowest BCUT2D eigenvalue weighted by molar-refractivity contribution is -0.145. The van der Waals surface area contributed by atoms with Crippen molar-refractivity contribution in [1.29, 1.82) is 0 Å². The highest BCUT2D eigenvalue weighted by molar-refractivity contribution is 5.78. The summed E-state index contributed by atoms with van der Waals surface area (Å²) in [7, 11) is 1.85. The molecular weight excluding hydrogens is 258 g/mol. The maximum Gasteiger partial charge on any atom is 0.323 e. The number of ether oxygens (including phenoxy) is 1. The second kappa shape index (κ2) is 5.24. The molecule has 3 aliphatic rings. The van der Waals surface area contributed by atoms with Crippen LogP contribution in [0.4, 0.5) is 4.79 Å². The molecule has 0 aromatic carbocycles. The van der Waals surface area contributed by atoms with Gasteiger partial charge < -0.3 is 14.5 Å². The third-order valence-corrected chi connectivity index (χ3v) is 4.77. The number of hydrogen-bond donors (Lipinski definition) is 0. The minimum absolute atomic E-state index is 0.0408. The van der Waals surface area contributed by atoms with Crippen LogP contribution in [0.5, 0.6) is 0 Å². The van der Waals surface area contributed by atoms with Crippen molar-refractivity contribution in [3.8, 4) is 0 Å². The normalized spacial score (nSPS) is 33.1. The van der Waals surface area contributed by atoms with Crippen molar-refractivity contribution in [2.24, 2.45) is 0 Å². The molecule has 112 valence electrons. The van der Waals surface area contributed by atoms with Crippen LogP contribution < -0.4 is 0 Å². The van der Waals surface area contributed by atoms with Gasteiger partial charge in [-0.1, -0.05) is 0 Å². The van der Waals surface area contributed by atoms with Gasteiger partial charge in [0.1, 0.15) is 12.1 Å². The summed E-state index contributed by atoms with van der Waals surface area (Å²) in [6, 6.07) is 0.416. The highest BCUT2D eigenvalue weighted by Crippen LogP contribution is 2.26. The van der Waals surface area contributed by atoms with Crippen LogP contribution in [0.1, 0.15) is 26.2 Å². The van der Waals surface area contributed by atoms with Gasteiger partial charge in [-0.05, 0) is 19.8 Å². The van der Waals surface area contributed by atoms with E-state index in [1.807, 2.05) is 18.9 Å². The van der Waals surface area contributed by atoms with Crippen molar-refractivity contribution in [3.05, 3.63) is 0 Å². The van der Waals surface area contributed by atoms with Gasteiger partial charge in [0.2, 0.25) is 0 Å². The quantitative estimate of drug-likeness (QED) is 0.693. The number of carbonyl (C=O) groups is 2. The Bertz CT molecular complexity index is 396. The fourth-order valence-electron chi connectivity index (χ4n) is 3.55. The van der Waals surface area contributed by atoms with E-state index < -0.39 is 0 Å². The summed E-state index contributed by atoms with van der Waals surface area (Å²) in [5, 5.41) is 0. The first-order valence-electron chi connectivity index (χ1n) is 7.52. The largest absolute Gasteiger partial charge is 0.461 e. The second-order valence-electron chi connectivity index (χ2n) is 6.16. The predicted octanol–water partition coefficient (Wildman–Crippen LogP) is 0.522. The lowest BCUT2D eigenvalue weighted by Gasteiger charge is -2.37. The summed E-state index contributed by atoms with van der Waals surface area (Å²) in [6.07, 6.45) is 2.75. The van der Waals surface area contributed by atoms with E-state index in [0.717, 1.165) is 45.4 Å². The molecule has 20 heavy (non-hydrogen) atoms. The van der Waals surface area contributed by atoms with Crippen LogP contribution >= 0.6 is 0 Å². The summed E-state index contributed by atoms with van der Waals surface area (Å²) in [6.45, 7) is 5.37. The fraction of sp³-hybridized carbons (Fsp3) is 0.857. The van der Waals surface area contributed by atoms with Gasteiger partial charge in [0.05, 0.1) is 0 Å². The Kier molecular flexibility index (Phi) is 3.58. The maximum absolute atomic E-state index is 12.0. The fourth-order valence-corrected chi connectivity index (χ4v) is 3.55. The minimum atomic E-state index is -0.0760. The van der Waals surface area contributed by atoms with Crippen molar-refractivity contribution in [1.82, 2.24) is 14.7 Å². The molecule has 3 rings (SSSR count). The summed E-state index contributed by atoms with van der Waals surface area (Å²) >= 11 is 0. The summed E-state index contributed by atoms with van der Waals surface area (Å²) in [5.74, 6) is -0.0760. The maximum atomic E-state index is 12.0. The van der Waals surface area contributed by atoms with Gasteiger partial charge in [-0.15, -0.1) is 0 Å². The molecule has 2 amide bonds. The van der Waals surface area contributed by atoms with Crippen molar-refractivity contribution in [3.63, 3.8) is 0 Å². The zero-order valence-corrected chi connectivity index (χ0v) is 12.2. The number of carbonyl (C=O) groups excluding carboxylic acids is 2. The lowest BCUT2D eigenvalue weighted by Crippen LogP contribution is -2.50. The molecule has 3 heterocycles. The topological polar surface area (TPSA) is 53.1 Å². The number of likely N-dealkylation sites (tertiary alicyclic amines) is 1. The first-order chi connectivity index (χ1) is 9.56. The zero-order chi connectivity index (χ0) is 14.3. The Morgan fingerprint density at radius 1 is 1.10 bits per heavy atom. The highest BCUT2D eigenvalue weighted by atomic mass is 16.6. The van der Waals surface area contributed by atoms with Crippen LogP contribution in [-0.4, -0.2) is 78.1 Å². The van der Waals surface area contributed by atoms with Crippen LogP contribution in [0, 0.1) is 0 Å². The van der Waals surface area contributed by atoms with Gasteiger partial charge >= 0.3 is 12.0 Å². The van der Waals surface area contributed by atoms with Gasteiger partial charge in [0.25, 0.3) is 0 Å². The second-order valence-corrected chi connectivity index (χ2v) is 6.16. The predicted molar refractivity (Wildman–Crippen MR) is 73.3 cm³/mol. The lowest BCUT2D eigenvalue weighted by atomic mass is 10.0. The Labute approximate surface area is 119 Å². The van der Waals surface area contributed by atoms with Crippen LogP contribution in [0.3, 0.4) is 0 Å². The SMILES string of the molecule is C[C@@H]1C[C@H](N2CCC(N3CCN(C)C3=O)CC2)C(=O)O1. The molecule has 0 aliphatic carbocycles. The third-order valence-electron chi connectivity index (χ3n) is 4.77. The summed E-state index contributed by atoms with van der Waals surface area (Å²) < 4.78 is 5.23. The molecule has 3 aliphatic heterocycles. The monoisotopic (exact) mass is 281 g/mol. The van der Waals surface area contributed by atoms with Gasteiger partial charge in [-0.25, -0.2) is 4.79 Å². The Morgan fingerprint density at radius 3 is 2.30 bits per heavy atom. The Balaban J connectivity index is 1.55. The van der Waals surface area contributed by atoms with E-state index in [2.05, 4.69) is 4.90 Å². The number of hydrogen-bond acceptors (Lipinski definition) is 4. The van der Waals surface area contributed by atoms with Crippen LogP contribution in [-0.2, 0) is 9.53 Å². The number of esters is 1. The Morgan fingerprint density at radius 2 is 1.80 bits per heavy atom. The molecule has 3 fully saturated rings. The molecule has 0 saturated carbocycles. The van der Waals surface area contributed by atoms with E-state index in [1.165, 1.54) is 0 Å². The molecule has 0 N–H and O–H groups in total. The number of amides is 2. The van der Waals surface area contributed by atoms with Gasteiger partial charge in [-0.3, -0.25) is 9.69 Å². The van der Waals surface area contributed by atoms with Crippen molar-refractivity contribution in [2.45, 2.75) is 44.4 Å². The molecule has 0 radical (unpaired) electrons. The number of piperidine rings is 1. The van der Waals surface area contributed by atoms with E-state index in [1.54, 1.807) is 4.90 Å². The minimum Gasteiger partial charge on any atom is -0.461 e. The zero-order valence-electron chi connectivity index (χ0n) is 12.2. The van der Waals surface area contributed by atoms with Crippen molar-refractivity contribution in [2.75, 3.05) is 33.2 Å². The van der Waals surface area contributed by atoms with E-state index >= 15 is 0 Å². The summed E-state index contributed by atoms with van der Waals surface area (Å²) in [4.78, 5) is 29.8. The van der Waals surface area contributed by atoms with E-state index in [4.69, 9.17) is 4.74 Å². The molecule has 0 aromatic heterocycles. The van der Waals surface area contributed by atoms with E-state index in [9.17, 15) is 9.59 Å². The average molecular weight is 281 g/mol. The molecule has 0 aromatic rings. The first kappa shape index (κ1) is 13.7. The highest BCUT2D eigenvalue weighted by Gasteiger charge is 2.40. The molecule has 0 spiro atoms. The number of nitrogens with zero attached hydrogens (tertiary/aromatic N) is 3. The van der Waals surface area contributed by atoms with Crippen LogP contribution in [0.25, 0.3) is 0 Å². The molecular formula is C14H23N3O3. The van der Waals surface area contributed by atoms with Gasteiger partial charge in [0, 0.05) is 45.7 Å². The molecule has 6 nitrogen and oxygen atoms in total. The molecule has 3 saturated heterocycles. The van der Waals surface area contributed by atoms with E-state index in [0.29, 0.717) is 6.04 Å². The van der Waals surface area contributed by atoms with Gasteiger partial charge in [0.15, 0.2) is 0 Å². The molecule has 2 atom stereocenters. The molecule has 0 bridgehead atoms. The number of urea groups is 1. The number of rotatable bonds is 2. The standard InChI is InChI=1S/C14H23N3O3/c1-10-9-12(13(18)20-10)16-5-3-11(4-6-16)17-8-7-15(2)14(17)19/h10-12H,3-9H2,1-2H3/t10-,12+/m1/s1. The van der Waals surface area contributed by atoms with Crippen molar-refractivity contribution < 1.29 is 14.3 Å². The van der Waals surface area contributed by atoms with E-state index in [-0.39, 0.29) is 24.1 Å². The van der Waals surface area contributed by atoms with Gasteiger partial charge in [-0.2, -0.15) is 0 Å². The third kappa shape index (κ3) is 2.37. The molecule has 6 heteroatoms. The number of cyclic esters (lactones) is 1. The Hall–Kier alpha value is -1.30. The average Bonchev–Trinajstić information content (AvgIpc) is 2.94. The first-order valence-corrected chi connectivity index (χ1v) is 7.52. The van der Waals surface area contributed by atoms with Crippen LogP contribution in [0.2, 0.25) is 0 Å². The van der Waals surface area contributed by atoms with Crippen LogP contribution in [0.15, 0.2) is 0 Å². The van der Waals surface area contributed by atoms with Crippen molar-refractivity contribution >= 4 is 12.0 Å². The number of likely N-dealkylation sites (N-methyl/N-ethyl adjacent to an activating group) is 1. The molecule has 0 unspecified atom stereocenters.